The van der Waals surface area contributed by atoms with E-state index in [1.54, 1.807) is 60.7 Å². The largest absolute Gasteiger partial charge is 0.423 e. The predicted molar refractivity (Wildman–Crippen MR) is 109 cm³/mol. The molecule has 0 aliphatic rings. The molecule has 1 N–H and O–H groups in total. The molecule has 0 fully saturated rings. The summed E-state index contributed by atoms with van der Waals surface area (Å²) in [4.78, 5) is 24.1. The van der Waals surface area contributed by atoms with Gasteiger partial charge in [0.25, 0.3) is 5.91 Å². The van der Waals surface area contributed by atoms with Crippen LogP contribution in [0.2, 0.25) is 5.02 Å². The van der Waals surface area contributed by atoms with E-state index in [0.717, 1.165) is 11.1 Å². The molecule has 28 heavy (non-hydrogen) atoms. The van der Waals surface area contributed by atoms with Crippen LogP contribution in [-0.4, -0.2) is 18.1 Å². The standard InChI is InChI=1S/C22H17ClN2O3/c1-15-5-9-17(10-6-15)21(26)25-24-14-16-7-11-20(12-8-16)28-22(27)18-3-2-4-19(23)13-18/h2-14H,1H3,(H,25,26)/b24-14-. The third-order valence-electron chi connectivity index (χ3n) is 3.84. The molecule has 6 heteroatoms. The van der Waals surface area contributed by atoms with Gasteiger partial charge in [-0.15, -0.1) is 0 Å². The smallest absolute Gasteiger partial charge is 0.343 e. The molecule has 0 aromatic heterocycles. The van der Waals surface area contributed by atoms with Crippen molar-refractivity contribution < 1.29 is 14.3 Å². The Hall–Kier alpha value is -3.44. The molecule has 0 heterocycles. The van der Waals surface area contributed by atoms with Crippen molar-refractivity contribution in [3.05, 3.63) is 100 Å². The molecule has 0 radical (unpaired) electrons. The van der Waals surface area contributed by atoms with Crippen LogP contribution >= 0.6 is 11.6 Å². The van der Waals surface area contributed by atoms with Gasteiger partial charge in [0.05, 0.1) is 11.8 Å². The maximum atomic E-state index is 12.1. The Morgan fingerprint density at radius 3 is 2.36 bits per heavy atom. The summed E-state index contributed by atoms with van der Waals surface area (Å²) >= 11 is 5.88. The highest BCUT2D eigenvalue weighted by Gasteiger charge is 2.09. The predicted octanol–water partition coefficient (Wildman–Crippen LogP) is 4.63. The van der Waals surface area contributed by atoms with Crippen LogP contribution < -0.4 is 10.2 Å². The normalized spacial score (nSPS) is 10.6. The molecular weight excluding hydrogens is 376 g/mol. The highest BCUT2D eigenvalue weighted by Crippen LogP contribution is 2.16. The van der Waals surface area contributed by atoms with Crippen LogP contribution in [0.5, 0.6) is 5.75 Å². The quantitative estimate of drug-likeness (QED) is 0.298. The Bertz CT molecular complexity index is 1010. The molecule has 140 valence electrons. The van der Waals surface area contributed by atoms with Gasteiger partial charge in [-0.3, -0.25) is 4.79 Å². The maximum absolute atomic E-state index is 12.1. The Labute approximate surface area is 167 Å². The second kappa shape index (κ2) is 8.97. The number of carbonyl (C=O) groups excluding carboxylic acids is 2. The first-order valence-electron chi connectivity index (χ1n) is 8.49. The molecule has 5 nitrogen and oxygen atoms in total. The van der Waals surface area contributed by atoms with Crippen LogP contribution in [0.3, 0.4) is 0 Å². The third kappa shape index (κ3) is 5.28. The summed E-state index contributed by atoms with van der Waals surface area (Å²) in [5, 5.41) is 4.41. The number of nitrogens with one attached hydrogen (secondary N) is 1. The van der Waals surface area contributed by atoms with Crippen molar-refractivity contribution in [3.63, 3.8) is 0 Å². The van der Waals surface area contributed by atoms with Crippen molar-refractivity contribution >= 4 is 29.7 Å². The summed E-state index contributed by atoms with van der Waals surface area (Å²) in [6.07, 6.45) is 1.51. The number of carbonyl (C=O) groups is 2. The lowest BCUT2D eigenvalue weighted by Gasteiger charge is -2.05. The lowest BCUT2D eigenvalue weighted by atomic mass is 10.1. The minimum atomic E-state index is -0.491. The number of hydrazone groups is 1. The van der Waals surface area contributed by atoms with Gasteiger partial charge in [0.15, 0.2) is 0 Å². The molecule has 3 aromatic rings. The highest BCUT2D eigenvalue weighted by atomic mass is 35.5. The number of rotatable bonds is 5. The lowest BCUT2D eigenvalue weighted by molar-refractivity contribution is 0.0734. The Balaban J connectivity index is 1.56. The molecular formula is C22H17ClN2O3. The van der Waals surface area contributed by atoms with Gasteiger partial charge in [0.1, 0.15) is 5.75 Å². The van der Waals surface area contributed by atoms with E-state index in [4.69, 9.17) is 16.3 Å². The molecule has 3 rings (SSSR count). The van der Waals surface area contributed by atoms with E-state index in [2.05, 4.69) is 10.5 Å². The summed E-state index contributed by atoms with van der Waals surface area (Å²) in [7, 11) is 0. The van der Waals surface area contributed by atoms with E-state index in [9.17, 15) is 9.59 Å². The number of nitrogens with zero attached hydrogens (tertiary/aromatic N) is 1. The first kappa shape index (κ1) is 19.3. The molecule has 0 saturated heterocycles. The number of halogens is 1. The number of benzene rings is 3. The molecule has 0 atom stereocenters. The van der Waals surface area contributed by atoms with Crippen LogP contribution in [0.15, 0.2) is 77.9 Å². The number of hydrogen-bond acceptors (Lipinski definition) is 4. The first-order chi connectivity index (χ1) is 13.5. The van der Waals surface area contributed by atoms with Gasteiger partial charge >= 0.3 is 5.97 Å². The minimum Gasteiger partial charge on any atom is -0.423 e. The average Bonchev–Trinajstić information content (AvgIpc) is 2.69. The fraction of sp³-hybridized carbons (Fsp3) is 0.0455. The van der Waals surface area contributed by atoms with Gasteiger partial charge in [0, 0.05) is 10.6 Å². The molecule has 1 amide bonds. The van der Waals surface area contributed by atoms with E-state index in [0.29, 0.717) is 21.9 Å². The molecule has 0 aliphatic carbocycles. The van der Waals surface area contributed by atoms with E-state index in [-0.39, 0.29) is 5.91 Å². The van der Waals surface area contributed by atoms with Gasteiger partial charge in [-0.1, -0.05) is 35.4 Å². The van der Waals surface area contributed by atoms with Crippen molar-refractivity contribution in [2.75, 3.05) is 0 Å². The second-order valence-electron chi connectivity index (χ2n) is 6.03. The van der Waals surface area contributed by atoms with Crippen molar-refractivity contribution in [2.45, 2.75) is 6.92 Å². The number of ether oxygens (including phenoxy) is 1. The van der Waals surface area contributed by atoms with Gasteiger partial charge in [-0.2, -0.15) is 5.10 Å². The van der Waals surface area contributed by atoms with Crippen molar-refractivity contribution in [2.24, 2.45) is 5.10 Å². The van der Waals surface area contributed by atoms with Gasteiger partial charge < -0.3 is 4.74 Å². The zero-order chi connectivity index (χ0) is 19.9. The number of amides is 1. The Kier molecular flexibility index (Phi) is 6.19. The van der Waals surface area contributed by atoms with Gasteiger partial charge in [-0.05, 0) is 67.1 Å². The van der Waals surface area contributed by atoms with Crippen LogP contribution in [0, 0.1) is 6.92 Å². The van der Waals surface area contributed by atoms with E-state index in [1.165, 1.54) is 6.21 Å². The summed E-state index contributed by atoms with van der Waals surface area (Å²) < 4.78 is 5.31. The topological polar surface area (TPSA) is 67.8 Å². The monoisotopic (exact) mass is 392 g/mol. The Morgan fingerprint density at radius 1 is 0.964 bits per heavy atom. The molecule has 3 aromatic carbocycles. The van der Waals surface area contributed by atoms with Gasteiger partial charge in [0.2, 0.25) is 0 Å². The highest BCUT2D eigenvalue weighted by molar-refractivity contribution is 6.30. The number of hydrogen-bond donors (Lipinski definition) is 1. The third-order valence-corrected chi connectivity index (χ3v) is 4.08. The zero-order valence-corrected chi connectivity index (χ0v) is 15.8. The summed E-state index contributed by atoms with van der Waals surface area (Å²) in [5.74, 6) is -0.386. The summed E-state index contributed by atoms with van der Waals surface area (Å²) in [5.41, 5.74) is 5.20. The maximum Gasteiger partial charge on any atom is 0.343 e. The first-order valence-corrected chi connectivity index (χ1v) is 8.87. The number of aryl methyl sites for hydroxylation is 1. The number of esters is 1. The average molecular weight is 393 g/mol. The van der Waals surface area contributed by atoms with Gasteiger partial charge in [-0.25, -0.2) is 10.2 Å². The minimum absolute atomic E-state index is 0.289. The molecule has 0 spiro atoms. The van der Waals surface area contributed by atoms with Crippen LogP contribution in [-0.2, 0) is 0 Å². The van der Waals surface area contributed by atoms with E-state index >= 15 is 0 Å². The fourth-order valence-corrected chi connectivity index (χ4v) is 2.53. The summed E-state index contributed by atoms with van der Waals surface area (Å²) in [6, 6.07) is 20.5. The molecule has 0 bridgehead atoms. The van der Waals surface area contributed by atoms with Crippen molar-refractivity contribution in [3.8, 4) is 5.75 Å². The fourth-order valence-electron chi connectivity index (χ4n) is 2.34. The molecule has 0 saturated carbocycles. The van der Waals surface area contributed by atoms with Crippen LogP contribution in [0.25, 0.3) is 0 Å². The molecule has 0 unspecified atom stereocenters. The van der Waals surface area contributed by atoms with E-state index in [1.807, 2.05) is 19.1 Å². The van der Waals surface area contributed by atoms with Crippen molar-refractivity contribution in [1.82, 2.24) is 5.43 Å². The summed E-state index contributed by atoms with van der Waals surface area (Å²) in [6.45, 7) is 1.95. The SMILES string of the molecule is Cc1ccc(C(=O)N/N=C\c2ccc(OC(=O)c3cccc(Cl)c3)cc2)cc1. The van der Waals surface area contributed by atoms with Crippen molar-refractivity contribution in [1.29, 1.82) is 0 Å². The molecule has 0 aliphatic heterocycles. The van der Waals surface area contributed by atoms with Crippen LogP contribution in [0.4, 0.5) is 0 Å². The van der Waals surface area contributed by atoms with Crippen LogP contribution in [0.1, 0.15) is 31.8 Å². The Morgan fingerprint density at radius 2 is 1.68 bits per heavy atom. The van der Waals surface area contributed by atoms with E-state index < -0.39 is 5.97 Å². The lowest BCUT2D eigenvalue weighted by Crippen LogP contribution is -2.17. The second-order valence-corrected chi connectivity index (χ2v) is 6.47. The zero-order valence-electron chi connectivity index (χ0n) is 15.1.